The molecule has 1 fully saturated rings. The van der Waals surface area contributed by atoms with Crippen LogP contribution in [0.4, 0.5) is 0 Å². The Morgan fingerprint density at radius 1 is 1.17 bits per heavy atom. The first-order chi connectivity index (χ1) is 8.63. The number of benzene rings is 1. The summed E-state index contributed by atoms with van der Waals surface area (Å²) in [7, 11) is 0. The maximum absolute atomic E-state index is 5.83. The van der Waals surface area contributed by atoms with Gasteiger partial charge in [0, 0.05) is 5.25 Å². The minimum Gasteiger partial charge on any atom is -0.271 e. The molecule has 0 radical (unpaired) electrons. The molecule has 0 aromatic heterocycles. The van der Waals surface area contributed by atoms with Crippen LogP contribution >= 0.6 is 11.8 Å². The fourth-order valence-corrected chi connectivity index (χ4v) is 4.17. The molecular formula is C15H24N2S. The number of nitrogens with one attached hydrogen (secondary N) is 1. The van der Waals surface area contributed by atoms with Gasteiger partial charge in [-0.2, -0.15) is 11.8 Å². The highest BCUT2D eigenvalue weighted by Crippen LogP contribution is 2.36. The van der Waals surface area contributed by atoms with Crippen molar-refractivity contribution >= 4 is 11.8 Å². The number of hydrogen-bond donors (Lipinski definition) is 2. The molecule has 1 aromatic carbocycles. The van der Waals surface area contributed by atoms with Crippen LogP contribution in [-0.4, -0.2) is 11.0 Å². The number of rotatable bonds is 3. The molecule has 0 amide bonds. The standard InChI is InChI=1S/C15H24N2S/c1-10-8-12(3)13(9-11(10)2)15(17-16)14-6-4-5-7-18-14/h8-9,14-15,17H,4-7,16H2,1-3H3. The molecule has 1 aromatic rings. The van der Waals surface area contributed by atoms with Gasteiger partial charge in [-0.25, -0.2) is 0 Å². The second-order valence-corrected chi connectivity index (χ2v) is 6.69. The fraction of sp³-hybridized carbons (Fsp3) is 0.600. The Hall–Kier alpha value is -0.510. The second kappa shape index (κ2) is 6.09. The lowest BCUT2D eigenvalue weighted by Gasteiger charge is -2.31. The van der Waals surface area contributed by atoms with Gasteiger partial charge < -0.3 is 0 Å². The topological polar surface area (TPSA) is 38.0 Å². The van der Waals surface area contributed by atoms with Crippen LogP contribution in [0.5, 0.6) is 0 Å². The summed E-state index contributed by atoms with van der Waals surface area (Å²) in [5.41, 5.74) is 8.51. The average molecular weight is 264 g/mol. The molecule has 3 N–H and O–H groups in total. The molecule has 0 saturated carbocycles. The highest BCUT2D eigenvalue weighted by molar-refractivity contribution is 8.00. The third kappa shape index (κ3) is 2.90. The van der Waals surface area contributed by atoms with Crippen molar-refractivity contribution in [3.05, 3.63) is 34.4 Å². The van der Waals surface area contributed by atoms with E-state index in [4.69, 9.17) is 5.84 Å². The van der Waals surface area contributed by atoms with Crippen molar-refractivity contribution in [3.63, 3.8) is 0 Å². The Kier molecular flexibility index (Phi) is 4.71. The van der Waals surface area contributed by atoms with Gasteiger partial charge in [0.25, 0.3) is 0 Å². The molecular weight excluding hydrogens is 240 g/mol. The summed E-state index contributed by atoms with van der Waals surface area (Å²) >= 11 is 2.07. The lowest BCUT2D eigenvalue weighted by atomic mass is 9.92. The lowest BCUT2D eigenvalue weighted by molar-refractivity contribution is 0.490. The average Bonchev–Trinajstić information content (AvgIpc) is 2.38. The van der Waals surface area contributed by atoms with E-state index in [0.29, 0.717) is 5.25 Å². The van der Waals surface area contributed by atoms with E-state index in [2.05, 4.69) is 50.1 Å². The Morgan fingerprint density at radius 2 is 1.89 bits per heavy atom. The van der Waals surface area contributed by atoms with Crippen LogP contribution < -0.4 is 11.3 Å². The summed E-state index contributed by atoms with van der Waals surface area (Å²) < 4.78 is 0. The second-order valence-electron chi connectivity index (χ2n) is 5.34. The normalized spacial score (nSPS) is 21.9. The maximum atomic E-state index is 5.83. The zero-order chi connectivity index (χ0) is 13.1. The summed E-state index contributed by atoms with van der Waals surface area (Å²) in [5, 5.41) is 0.615. The maximum Gasteiger partial charge on any atom is 0.0581 e. The van der Waals surface area contributed by atoms with Crippen LogP contribution in [0.1, 0.15) is 47.6 Å². The van der Waals surface area contributed by atoms with E-state index in [9.17, 15) is 0 Å². The number of hydrazine groups is 1. The minimum atomic E-state index is 0.287. The smallest absolute Gasteiger partial charge is 0.0581 e. The van der Waals surface area contributed by atoms with Gasteiger partial charge in [0.2, 0.25) is 0 Å². The van der Waals surface area contributed by atoms with E-state index in [1.54, 1.807) is 0 Å². The summed E-state index contributed by atoms with van der Waals surface area (Å²) in [4.78, 5) is 0. The molecule has 2 atom stereocenters. The van der Waals surface area contributed by atoms with Crippen molar-refractivity contribution in [2.75, 3.05) is 5.75 Å². The predicted octanol–water partition coefficient (Wildman–Crippen LogP) is 3.40. The molecule has 3 heteroatoms. The summed E-state index contributed by atoms with van der Waals surface area (Å²) in [6.07, 6.45) is 3.95. The quantitative estimate of drug-likeness (QED) is 0.649. The van der Waals surface area contributed by atoms with Crippen LogP contribution in [-0.2, 0) is 0 Å². The van der Waals surface area contributed by atoms with Crippen molar-refractivity contribution in [2.24, 2.45) is 5.84 Å². The van der Waals surface area contributed by atoms with Crippen molar-refractivity contribution in [1.29, 1.82) is 0 Å². The zero-order valence-corrected chi connectivity index (χ0v) is 12.4. The van der Waals surface area contributed by atoms with Gasteiger partial charge in [-0.15, -0.1) is 0 Å². The van der Waals surface area contributed by atoms with Crippen molar-refractivity contribution in [2.45, 2.75) is 51.3 Å². The SMILES string of the molecule is Cc1cc(C)c(C(NN)C2CCCCS2)cc1C. The number of aryl methyl sites for hydroxylation is 3. The molecule has 0 aliphatic carbocycles. The van der Waals surface area contributed by atoms with Gasteiger partial charge in [-0.1, -0.05) is 18.6 Å². The zero-order valence-electron chi connectivity index (χ0n) is 11.6. The summed E-state index contributed by atoms with van der Waals surface area (Å²) in [5.74, 6) is 7.10. The van der Waals surface area contributed by atoms with E-state index >= 15 is 0 Å². The fourth-order valence-electron chi connectivity index (χ4n) is 2.74. The van der Waals surface area contributed by atoms with E-state index < -0.39 is 0 Å². The first-order valence-corrected chi connectivity index (χ1v) is 7.84. The molecule has 2 nitrogen and oxygen atoms in total. The molecule has 1 aliphatic rings. The van der Waals surface area contributed by atoms with Crippen LogP contribution in [0.3, 0.4) is 0 Å². The van der Waals surface area contributed by atoms with Crippen molar-refractivity contribution in [1.82, 2.24) is 5.43 Å². The monoisotopic (exact) mass is 264 g/mol. The predicted molar refractivity (Wildman–Crippen MR) is 80.8 cm³/mol. The molecule has 2 rings (SSSR count). The lowest BCUT2D eigenvalue weighted by Crippen LogP contribution is -2.36. The van der Waals surface area contributed by atoms with Gasteiger partial charge >= 0.3 is 0 Å². The highest BCUT2D eigenvalue weighted by Gasteiger charge is 2.26. The van der Waals surface area contributed by atoms with Gasteiger partial charge in [0.1, 0.15) is 0 Å². The number of nitrogens with two attached hydrogens (primary N) is 1. The Bertz CT molecular complexity index is 411. The van der Waals surface area contributed by atoms with E-state index in [0.717, 1.165) is 0 Å². The van der Waals surface area contributed by atoms with Crippen molar-refractivity contribution < 1.29 is 0 Å². The van der Waals surface area contributed by atoms with Crippen LogP contribution in [0.2, 0.25) is 0 Å². The summed E-state index contributed by atoms with van der Waals surface area (Å²) in [6, 6.07) is 4.88. The van der Waals surface area contributed by atoms with Crippen LogP contribution in [0.15, 0.2) is 12.1 Å². The first-order valence-electron chi connectivity index (χ1n) is 6.79. The van der Waals surface area contributed by atoms with Crippen LogP contribution in [0, 0.1) is 20.8 Å². The van der Waals surface area contributed by atoms with E-state index in [1.165, 1.54) is 47.3 Å². The van der Waals surface area contributed by atoms with Gasteiger partial charge in [0.05, 0.1) is 6.04 Å². The molecule has 0 bridgehead atoms. The Labute approximate surface area is 115 Å². The van der Waals surface area contributed by atoms with Gasteiger partial charge in [0.15, 0.2) is 0 Å². The Morgan fingerprint density at radius 3 is 2.50 bits per heavy atom. The van der Waals surface area contributed by atoms with E-state index in [-0.39, 0.29) is 6.04 Å². The van der Waals surface area contributed by atoms with E-state index in [1.807, 2.05) is 0 Å². The number of thioether (sulfide) groups is 1. The third-order valence-corrected chi connectivity index (χ3v) is 5.44. The summed E-state index contributed by atoms with van der Waals surface area (Å²) in [6.45, 7) is 6.55. The molecule has 100 valence electrons. The van der Waals surface area contributed by atoms with Gasteiger partial charge in [-0.3, -0.25) is 11.3 Å². The molecule has 1 aliphatic heterocycles. The van der Waals surface area contributed by atoms with Gasteiger partial charge in [-0.05, 0) is 61.6 Å². The van der Waals surface area contributed by atoms with Crippen LogP contribution in [0.25, 0.3) is 0 Å². The third-order valence-electron chi connectivity index (χ3n) is 3.98. The molecule has 1 heterocycles. The Balaban J connectivity index is 2.28. The molecule has 0 spiro atoms. The number of hydrogen-bond acceptors (Lipinski definition) is 3. The molecule has 2 unspecified atom stereocenters. The minimum absolute atomic E-state index is 0.287. The first kappa shape index (κ1) is 13.9. The molecule has 1 saturated heterocycles. The largest absolute Gasteiger partial charge is 0.271 e. The highest BCUT2D eigenvalue weighted by atomic mass is 32.2. The van der Waals surface area contributed by atoms with Crippen molar-refractivity contribution in [3.8, 4) is 0 Å². The molecule has 18 heavy (non-hydrogen) atoms.